The van der Waals surface area contributed by atoms with E-state index in [4.69, 9.17) is 15.6 Å². The lowest BCUT2D eigenvalue weighted by Crippen LogP contribution is -2.42. The summed E-state index contributed by atoms with van der Waals surface area (Å²) in [6.07, 6.45) is 1.68. The highest BCUT2D eigenvalue weighted by Gasteiger charge is 2.27. The maximum atomic E-state index is 12.5. The van der Waals surface area contributed by atoms with Crippen molar-refractivity contribution in [1.82, 2.24) is 14.7 Å². The molecule has 0 radical (unpaired) electrons. The normalized spacial score (nSPS) is 16.6. The van der Waals surface area contributed by atoms with E-state index < -0.39 is 0 Å². The molecule has 1 saturated heterocycles. The Balaban J connectivity index is 1.98. The number of amides is 1. The average Bonchev–Trinajstić information content (AvgIpc) is 2.70. The van der Waals surface area contributed by atoms with Crippen LogP contribution < -0.4 is 5.73 Å². The monoisotopic (exact) mass is 282 g/mol. The van der Waals surface area contributed by atoms with E-state index in [1.165, 1.54) is 0 Å². The number of likely N-dealkylation sites (tertiary alicyclic amines) is 1. The maximum Gasteiger partial charge on any atom is 0.274 e. The van der Waals surface area contributed by atoms with Crippen LogP contribution in [-0.4, -0.2) is 58.1 Å². The number of aryl methyl sites for hydroxylation is 2. The van der Waals surface area contributed by atoms with Crippen molar-refractivity contribution >= 4 is 11.6 Å². The van der Waals surface area contributed by atoms with Crippen molar-refractivity contribution in [3.8, 4) is 0 Å². The topological polar surface area (TPSA) is 93.6 Å². The quantitative estimate of drug-likeness (QED) is 0.806. The number of piperidine rings is 1. The van der Waals surface area contributed by atoms with E-state index in [1.807, 2.05) is 0 Å². The maximum absolute atomic E-state index is 12.5. The van der Waals surface area contributed by atoms with Gasteiger partial charge in [0.15, 0.2) is 0 Å². The van der Waals surface area contributed by atoms with Crippen LogP contribution in [0.1, 0.15) is 29.0 Å². The summed E-state index contributed by atoms with van der Waals surface area (Å²) >= 11 is 0. The molecule has 0 saturated carbocycles. The van der Waals surface area contributed by atoms with Gasteiger partial charge in [-0.05, 0) is 19.8 Å². The number of anilines is 1. The Kier molecular flexibility index (Phi) is 4.61. The molecule has 2 rings (SSSR count). The van der Waals surface area contributed by atoms with Gasteiger partial charge < -0.3 is 20.5 Å². The zero-order valence-corrected chi connectivity index (χ0v) is 12.0. The molecule has 112 valence electrons. The molecule has 1 fully saturated rings. The van der Waals surface area contributed by atoms with E-state index in [1.54, 1.807) is 23.6 Å². The van der Waals surface area contributed by atoms with Crippen LogP contribution in [0, 0.1) is 6.92 Å². The Morgan fingerprint density at radius 1 is 1.50 bits per heavy atom. The van der Waals surface area contributed by atoms with E-state index in [0.29, 0.717) is 36.8 Å². The molecule has 20 heavy (non-hydrogen) atoms. The first-order chi connectivity index (χ1) is 9.54. The molecule has 0 atom stereocenters. The van der Waals surface area contributed by atoms with E-state index >= 15 is 0 Å². The average molecular weight is 282 g/mol. The van der Waals surface area contributed by atoms with Crippen LogP contribution in [0.5, 0.6) is 0 Å². The van der Waals surface area contributed by atoms with E-state index in [2.05, 4.69) is 5.10 Å². The Morgan fingerprint density at radius 3 is 2.65 bits per heavy atom. The number of ether oxygens (including phenoxy) is 1. The number of aliphatic hydroxyl groups excluding tert-OH is 1. The highest BCUT2D eigenvalue weighted by Crippen LogP contribution is 2.21. The zero-order valence-electron chi connectivity index (χ0n) is 12.0. The number of aromatic nitrogens is 2. The SMILES string of the molecule is Cc1nn(C)c(C(=O)N2CCC(OCCO)CC2)c1N. The van der Waals surface area contributed by atoms with Crippen molar-refractivity contribution in [1.29, 1.82) is 0 Å². The summed E-state index contributed by atoms with van der Waals surface area (Å²) in [5.74, 6) is -0.0776. The minimum absolute atomic E-state index is 0.0317. The van der Waals surface area contributed by atoms with Gasteiger partial charge in [0.25, 0.3) is 5.91 Å². The molecule has 3 N–H and O–H groups in total. The van der Waals surface area contributed by atoms with Crippen molar-refractivity contribution in [3.05, 3.63) is 11.4 Å². The van der Waals surface area contributed by atoms with Crippen LogP contribution in [-0.2, 0) is 11.8 Å². The van der Waals surface area contributed by atoms with Gasteiger partial charge >= 0.3 is 0 Å². The van der Waals surface area contributed by atoms with Crippen LogP contribution in [0.3, 0.4) is 0 Å². The van der Waals surface area contributed by atoms with E-state index in [0.717, 1.165) is 12.8 Å². The molecule has 1 aromatic heterocycles. The smallest absolute Gasteiger partial charge is 0.274 e. The van der Waals surface area contributed by atoms with Gasteiger partial charge in [-0.2, -0.15) is 5.10 Å². The van der Waals surface area contributed by atoms with Crippen molar-refractivity contribution in [2.24, 2.45) is 7.05 Å². The first-order valence-electron chi connectivity index (χ1n) is 6.85. The first kappa shape index (κ1) is 14.8. The summed E-state index contributed by atoms with van der Waals surface area (Å²) in [6, 6.07) is 0. The summed E-state index contributed by atoms with van der Waals surface area (Å²) in [5.41, 5.74) is 7.51. The van der Waals surface area contributed by atoms with Gasteiger partial charge in [0.2, 0.25) is 0 Å². The summed E-state index contributed by atoms with van der Waals surface area (Å²) in [6.45, 7) is 3.45. The van der Waals surface area contributed by atoms with E-state index in [-0.39, 0.29) is 18.6 Å². The first-order valence-corrected chi connectivity index (χ1v) is 6.85. The highest BCUT2D eigenvalue weighted by molar-refractivity contribution is 5.98. The third kappa shape index (κ3) is 2.94. The fraction of sp³-hybridized carbons (Fsp3) is 0.692. The van der Waals surface area contributed by atoms with Gasteiger partial charge in [0, 0.05) is 20.1 Å². The Labute approximate surface area is 118 Å². The molecule has 1 amide bonds. The molecule has 0 unspecified atom stereocenters. The number of nitrogen functional groups attached to an aromatic ring is 1. The minimum atomic E-state index is -0.0776. The van der Waals surface area contributed by atoms with Gasteiger partial charge in [-0.1, -0.05) is 0 Å². The molecule has 0 bridgehead atoms. The van der Waals surface area contributed by atoms with Crippen molar-refractivity contribution in [3.63, 3.8) is 0 Å². The molecule has 0 spiro atoms. The highest BCUT2D eigenvalue weighted by atomic mass is 16.5. The minimum Gasteiger partial charge on any atom is -0.395 e. The van der Waals surface area contributed by atoms with Crippen LogP contribution in [0.4, 0.5) is 5.69 Å². The summed E-state index contributed by atoms with van der Waals surface area (Å²) < 4.78 is 7.03. The molecule has 1 aliphatic heterocycles. The van der Waals surface area contributed by atoms with Crippen LogP contribution in [0.15, 0.2) is 0 Å². The van der Waals surface area contributed by atoms with Gasteiger partial charge in [0.1, 0.15) is 5.69 Å². The number of rotatable bonds is 4. The Morgan fingerprint density at radius 2 is 2.15 bits per heavy atom. The molecule has 1 aromatic rings. The largest absolute Gasteiger partial charge is 0.395 e. The molecule has 7 heteroatoms. The van der Waals surface area contributed by atoms with Crippen LogP contribution in [0.25, 0.3) is 0 Å². The van der Waals surface area contributed by atoms with Gasteiger partial charge in [0.05, 0.1) is 30.7 Å². The van der Waals surface area contributed by atoms with Gasteiger partial charge in [-0.15, -0.1) is 0 Å². The molecule has 0 aliphatic carbocycles. The molecular weight excluding hydrogens is 260 g/mol. The molecule has 1 aliphatic rings. The van der Waals surface area contributed by atoms with Gasteiger partial charge in [-0.3, -0.25) is 9.48 Å². The third-order valence-corrected chi connectivity index (χ3v) is 3.65. The second-order valence-corrected chi connectivity index (χ2v) is 5.06. The fourth-order valence-corrected chi connectivity index (χ4v) is 2.52. The lowest BCUT2D eigenvalue weighted by molar-refractivity contribution is -0.00571. The number of carbonyl (C=O) groups is 1. The Hall–Kier alpha value is -1.60. The number of hydrogen-bond donors (Lipinski definition) is 2. The van der Waals surface area contributed by atoms with Crippen molar-refractivity contribution in [2.75, 3.05) is 32.0 Å². The fourth-order valence-electron chi connectivity index (χ4n) is 2.52. The van der Waals surface area contributed by atoms with Crippen LogP contribution in [0.2, 0.25) is 0 Å². The number of nitrogens with two attached hydrogens (primary N) is 1. The number of nitrogens with zero attached hydrogens (tertiary/aromatic N) is 3. The number of hydrogen-bond acceptors (Lipinski definition) is 5. The second-order valence-electron chi connectivity index (χ2n) is 5.06. The zero-order chi connectivity index (χ0) is 14.7. The van der Waals surface area contributed by atoms with Crippen molar-refractivity contribution < 1.29 is 14.6 Å². The number of aliphatic hydroxyl groups is 1. The lowest BCUT2D eigenvalue weighted by Gasteiger charge is -2.31. The second kappa shape index (κ2) is 6.23. The van der Waals surface area contributed by atoms with Crippen molar-refractivity contribution in [2.45, 2.75) is 25.9 Å². The molecule has 0 aromatic carbocycles. The predicted octanol–water partition coefficient (Wildman–Crippen LogP) is -0.0758. The van der Waals surface area contributed by atoms with Crippen LogP contribution >= 0.6 is 0 Å². The van der Waals surface area contributed by atoms with Gasteiger partial charge in [-0.25, -0.2) is 0 Å². The Bertz CT molecular complexity index is 478. The number of carbonyl (C=O) groups excluding carboxylic acids is 1. The molecule has 2 heterocycles. The summed E-state index contributed by atoms with van der Waals surface area (Å²) in [7, 11) is 1.73. The molecule has 7 nitrogen and oxygen atoms in total. The molecular formula is C13H22N4O3. The summed E-state index contributed by atoms with van der Waals surface area (Å²) in [5, 5.41) is 12.9. The predicted molar refractivity (Wildman–Crippen MR) is 74.3 cm³/mol. The lowest BCUT2D eigenvalue weighted by atomic mass is 10.1. The standard InChI is InChI=1S/C13H22N4O3/c1-9-11(14)12(16(2)15-9)13(19)17-5-3-10(4-6-17)20-8-7-18/h10,18H,3-8,14H2,1-2H3. The third-order valence-electron chi connectivity index (χ3n) is 3.65. The van der Waals surface area contributed by atoms with E-state index in [9.17, 15) is 4.79 Å². The summed E-state index contributed by atoms with van der Waals surface area (Å²) in [4.78, 5) is 14.3.